The van der Waals surface area contributed by atoms with Gasteiger partial charge in [-0.05, 0) is 89.9 Å². The number of esters is 1. The Kier molecular flexibility index (Phi) is 7.41. The summed E-state index contributed by atoms with van der Waals surface area (Å²) in [5.74, 6) is 1.70. The molecule has 4 aliphatic rings. The van der Waals surface area contributed by atoms with Gasteiger partial charge in [-0.2, -0.15) is 0 Å². The lowest BCUT2D eigenvalue weighted by molar-refractivity contribution is -0.152. The number of rotatable bonds is 7. The number of pyridine rings is 1. The second kappa shape index (κ2) is 11.0. The third-order valence-electron chi connectivity index (χ3n) is 10.8. The van der Waals surface area contributed by atoms with Crippen LogP contribution in [0.25, 0.3) is 5.57 Å². The van der Waals surface area contributed by atoms with Gasteiger partial charge in [0, 0.05) is 31.8 Å². The van der Waals surface area contributed by atoms with Gasteiger partial charge < -0.3 is 10.1 Å². The standard InChI is InChI=1S/C35H42N2O3/c1-34-18-16-27(40-33(39)15-14-32(38)37-22-24-7-4-3-5-8-24)21-26(34)10-11-28-30-13-12-29(25-9-6-20-36-23-25)35(30,2)19-17-31(28)34/h3-10,12,20,23,27-28,30-31H,11,13-19,21-22H2,1-2H3,(H,37,38)/t27?,28?,30?,31-,34?,35?/m0/s1. The molecular weight excluding hydrogens is 496 g/mol. The third-order valence-corrected chi connectivity index (χ3v) is 10.8. The molecule has 0 spiro atoms. The number of fused-ring (bicyclic) bond motifs is 5. The number of nitrogens with zero attached hydrogens (tertiary/aromatic N) is 1. The molecule has 6 rings (SSSR count). The van der Waals surface area contributed by atoms with Crippen LogP contribution in [0, 0.1) is 28.6 Å². The molecule has 0 aliphatic heterocycles. The molecule has 5 heteroatoms. The van der Waals surface area contributed by atoms with Gasteiger partial charge in [-0.15, -0.1) is 0 Å². The molecule has 5 nitrogen and oxygen atoms in total. The smallest absolute Gasteiger partial charge is 0.306 e. The van der Waals surface area contributed by atoms with E-state index in [4.69, 9.17) is 4.74 Å². The lowest BCUT2D eigenvalue weighted by Crippen LogP contribution is -2.50. The molecule has 6 atom stereocenters. The van der Waals surface area contributed by atoms with Crippen LogP contribution in [0.4, 0.5) is 0 Å². The molecule has 1 aromatic heterocycles. The molecule has 40 heavy (non-hydrogen) atoms. The number of carbonyl (C=O) groups is 2. The van der Waals surface area contributed by atoms with Crippen molar-refractivity contribution in [1.82, 2.24) is 10.3 Å². The van der Waals surface area contributed by atoms with Crippen LogP contribution >= 0.6 is 0 Å². The Hall–Kier alpha value is -3.21. The Morgan fingerprint density at radius 3 is 2.58 bits per heavy atom. The zero-order valence-electron chi connectivity index (χ0n) is 23.9. The summed E-state index contributed by atoms with van der Waals surface area (Å²) in [6, 6.07) is 14.1. The number of aromatic nitrogens is 1. The highest BCUT2D eigenvalue weighted by Gasteiger charge is 2.57. The minimum atomic E-state index is -0.258. The van der Waals surface area contributed by atoms with Crippen LogP contribution in [0.2, 0.25) is 0 Å². The second-order valence-electron chi connectivity index (χ2n) is 12.9. The van der Waals surface area contributed by atoms with Gasteiger partial charge in [0.05, 0.1) is 6.42 Å². The van der Waals surface area contributed by atoms with Crippen LogP contribution in [0.1, 0.15) is 82.8 Å². The van der Waals surface area contributed by atoms with Gasteiger partial charge in [0.15, 0.2) is 0 Å². The number of nitrogens with one attached hydrogen (secondary N) is 1. The van der Waals surface area contributed by atoms with E-state index in [1.165, 1.54) is 36.0 Å². The first-order valence-corrected chi connectivity index (χ1v) is 15.2. The van der Waals surface area contributed by atoms with E-state index in [0.717, 1.165) is 31.2 Å². The second-order valence-corrected chi connectivity index (χ2v) is 12.9. The first kappa shape index (κ1) is 27.0. The number of allylic oxidation sites excluding steroid dienone is 3. The molecule has 2 fully saturated rings. The zero-order chi connectivity index (χ0) is 27.7. The minimum Gasteiger partial charge on any atom is -0.462 e. The highest BCUT2D eigenvalue weighted by Crippen LogP contribution is 2.66. The van der Waals surface area contributed by atoms with Gasteiger partial charge in [0.25, 0.3) is 0 Å². The van der Waals surface area contributed by atoms with Crippen LogP contribution in [0.3, 0.4) is 0 Å². The minimum absolute atomic E-state index is 0.0741. The fourth-order valence-electron chi connectivity index (χ4n) is 8.61. The Bertz CT molecular complexity index is 1300. The van der Waals surface area contributed by atoms with Crippen molar-refractivity contribution in [3.63, 3.8) is 0 Å². The first-order valence-electron chi connectivity index (χ1n) is 15.2. The topological polar surface area (TPSA) is 68.3 Å². The SMILES string of the molecule is CC12CC[C@H]3C(CC=C4CC(OC(=O)CCC(=O)NCc5ccccc5)CCC43C)C1CC=C2c1cccnc1. The van der Waals surface area contributed by atoms with Crippen LogP contribution in [0.15, 0.2) is 72.6 Å². The molecular formula is C35H42N2O3. The lowest BCUT2D eigenvalue weighted by atomic mass is 9.47. The predicted octanol–water partition coefficient (Wildman–Crippen LogP) is 7.05. The van der Waals surface area contributed by atoms with Crippen molar-refractivity contribution in [2.75, 3.05) is 0 Å². The summed E-state index contributed by atoms with van der Waals surface area (Å²) in [5.41, 5.74) is 5.77. The van der Waals surface area contributed by atoms with Crippen molar-refractivity contribution in [3.05, 3.63) is 83.7 Å². The predicted molar refractivity (Wildman–Crippen MR) is 157 cm³/mol. The number of amides is 1. The lowest BCUT2D eigenvalue weighted by Gasteiger charge is -2.57. The fourth-order valence-corrected chi connectivity index (χ4v) is 8.61. The van der Waals surface area contributed by atoms with Crippen LogP contribution in [-0.2, 0) is 20.9 Å². The summed E-state index contributed by atoms with van der Waals surface area (Å²) < 4.78 is 5.91. The first-order chi connectivity index (χ1) is 19.4. The van der Waals surface area contributed by atoms with Gasteiger partial charge in [-0.1, -0.05) is 68.0 Å². The number of benzene rings is 1. The van der Waals surface area contributed by atoms with E-state index in [1.54, 1.807) is 0 Å². The van der Waals surface area contributed by atoms with Gasteiger partial charge >= 0.3 is 5.97 Å². The molecule has 5 unspecified atom stereocenters. The maximum Gasteiger partial charge on any atom is 0.306 e. The van der Waals surface area contributed by atoms with E-state index in [-0.39, 0.29) is 41.7 Å². The van der Waals surface area contributed by atoms with E-state index in [0.29, 0.717) is 24.3 Å². The van der Waals surface area contributed by atoms with Crippen molar-refractivity contribution < 1.29 is 14.3 Å². The average Bonchev–Trinajstić information content (AvgIpc) is 3.33. The number of ether oxygens (including phenoxy) is 1. The Morgan fingerprint density at radius 2 is 1.77 bits per heavy atom. The molecule has 0 radical (unpaired) electrons. The van der Waals surface area contributed by atoms with Gasteiger partial charge in [-0.3, -0.25) is 14.6 Å². The molecule has 1 aromatic carbocycles. The van der Waals surface area contributed by atoms with Crippen LogP contribution in [0.5, 0.6) is 0 Å². The molecule has 210 valence electrons. The zero-order valence-corrected chi connectivity index (χ0v) is 23.9. The quantitative estimate of drug-likeness (QED) is 0.303. The van der Waals surface area contributed by atoms with Gasteiger partial charge in [0.1, 0.15) is 6.10 Å². The summed E-state index contributed by atoms with van der Waals surface area (Å²) in [7, 11) is 0. The van der Waals surface area contributed by atoms with Crippen molar-refractivity contribution in [2.24, 2.45) is 28.6 Å². The Labute approximate surface area is 238 Å². The highest BCUT2D eigenvalue weighted by molar-refractivity contribution is 5.81. The normalized spacial score (nSPS) is 32.5. The molecule has 0 bridgehead atoms. The van der Waals surface area contributed by atoms with Crippen molar-refractivity contribution >= 4 is 17.4 Å². The van der Waals surface area contributed by atoms with E-state index < -0.39 is 0 Å². The Balaban J connectivity index is 1.04. The number of hydrogen-bond acceptors (Lipinski definition) is 4. The highest BCUT2D eigenvalue weighted by atomic mass is 16.5. The molecule has 1 N–H and O–H groups in total. The Morgan fingerprint density at radius 1 is 0.950 bits per heavy atom. The van der Waals surface area contributed by atoms with E-state index in [1.807, 2.05) is 42.7 Å². The molecule has 1 amide bonds. The van der Waals surface area contributed by atoms with Crippen LogP contribution in [-0.4, -0.2) is 23.0 Å². The average molecular weight is 539 g/mol. The summed E-state index contributed by atoms with van der Waals surface area (Å²) in [5, 5.41) is 2.89. The third kappa shape index (κ3) is 5.04. The molecule has 1 heterocycles. The van der Waals surface area contributed by atoms with E-state index >= 15 is 0 Å². The maximum absolute atomic E-state index is 12.6. The summed E-state index contributed by atoms with van der Waals surface area (Å²) in [6.45, 7) is 5.46. The monoisotopic (exact) mass is 538 g/mol. The van der Waals surface area contributed by atoms with E-state index in [9.17, 15) is 9.59 Å². The fraction of sp³-hybridized carbons (Fsp3) is 0.514. The van der Waals surface area contributed by atoms with Gasteiger partial charge in [0.2, 0.25) is 5.91 Å². The van der Waals surface area contributed by atoms with Gasteiger partial charge in [-0.25, -0.2) is 0 Å². The summed E-state index contributed by atoms with van der Waals surface area (Å²) in [4.78, 5) is 29.3. The van der Waals surface area contributed by atoms with Crippen molar-refractivity contribution in [2.45, 2.75) is 84.3 Å². The molecule has 4 aliphatic carbocycles. The molecule has 2 saturated carbocycles. The summed E-state index contributed by atoms with van der Waals surface area (Å²) in [6.07, 6.45) is 16.7. The van der Waals surface area contributed by atoms with E-state index in [2.05, 4.69) is 48.4 Å². The molecule has 0 saturated heterocycles. The van der Waals surface area contributed by atoms with Crippen LogP contribution < -0.4 is 5.32 Å². The maximum atomic E-state index is 12.6. The number of carbonyl (C=O) groups excluding carboxylic acids is 2. The van der Waals surface area contributed by atoms with Crippen molar-refractivity contribution in [1.29, 1.82) is 0 Å². The summed E-state index contributed by atoms with van der Waals surface area (Å²) >= 11 is 0. The van der Waals surface area contributed by atoms with Crippen molar-refractivity contribution in [3.8, 4) is 0 Å². The largest absolute Gasteiger partial charge is 0.462 e. The molecule has 2 aromatic rings. The number of hydrogen-bond donors (Lipinski definition) is 1.